The lowest BCUT2D eigenvalue weighted by molar-refractivity contribution is 0.302. The summed E-state index contributed by atoms with van der Waals surface area (Å²) in [7, 11) is 5.85. The highest BCUT2D eigenvalue weighted by atomic mass is 16.5. The van der Waals surface area contributed by atoms with Crippen LogP contribution >= 0.6 is 0 Å². The molecule has 0 aliphatic heterocycles. The molecule has 1 aromatic rings. The van der Waals surface area contributed by atoms with Gasteiger partial charge in [0.1, 0.15) is 0 Å². The molecule has 2 fully saturated rings. The van der Waals surface area contributed by atoms with Crippen molar-refractivity contribution in [2.24, 2.45) is 23.6 Å². The molecule has 0 saturated heterocycles. The van der Waals surface area contributed by atoms with Crippen molar-refractivity contribution in [2.75, 3.05) is 27.7 Å². The van der Waals surface area contributed by atoms with Crippen LogP contribution in [0.4, 0.5) is 0 Å². The predicted molar refractivity (Wildman–Crippen MR) is 81.7 cm³/mol. The molecule has 0 amide bonds. The molecule has 0 bridgehead atoms. The Morgan fingerprint density at radius 3 is 2.71 bits per heavy atom. The zero-order valence-corrected chi connectivity index (χ0v) is 13.2. The molecule has 3 unspecified atom stereocenters. The Hall–Kier alpha value is -1.11. The fourth-order valence-corrected chi connectivity index (χ4v) is 3.79. The SMILES string of the molecule is COc1cnn(CCN(C)C)c1C(NN)C1CC2CC2C1. The van der Waals surface area contributed by atoms with Crippen LogP contribution in [0.15, 0.2) is 6.20 Å². The number of ether oxygens (including phenoxy) is 1. The van der Waals surface area contributed by atoms with E-state index >= 15 is 0 Å². The Kier molecular flexibility index (Phi) is 4.19. The van der Waals surface area contributed by atoms with Crippen molar-refractivity contribution < 1.29 is 4.74 Å². The standard InChI is InChI=1S/C15H27N5O/c1-19(2)4-5-20-15(13(21-3)9-17-20)14(18-16)12-7-10-6-11(10)8-12/h9-12,14,18H,4-8,16H2,1-3H3. The van der Waals surface area contributed by atoms with Crippen LogP contribution in [-0.2, 0) is 6.54 Å². The van der Waals surface area contributed by atoms with Crippen LogP contribution in [0.25, 0.3) is 0 Å². The van der Waals surface area contributed by atoms with Gasteiger partial charge >= 0.3 is 0 Å². The number of nitrogens with two attached hydrogens (primary N) is 1. The van der Waals surface area contributed by atoms with Crippen molar-refractivity contribution in [1.29, 1.82) is 0 Å². The van der Waals surface area contributed by atoms with Gasteiger partial charge in [0.05, 0.1) is 31.6 Å². The van der Waals surface area contributed by atoms with E-state index in [0.29, 0.717) is 5.92 Å². The number of likely N-dealkylation sites (N-methyl/N-ethyl adjacent to an activating group) is 1. The molecule has 0 radical (unpaired) electrons. The van der Waals surface area contributed by atoms with Gasteiger partial charge in [0.2, 0.25) is 0 Å². The van der Waals surface area contributed by atoms with E-state index in [0.717, 1.165) is 36.4 Å². The summed E-state index contributed by atoms with van der Waals surface area (Å²) in [5.74, 6) is 9.22. The van der Waals surface area contributed by atoms with E-state index in [4.69, 9.17) is 10.6 Å². The van der Waals surface area contributed by atoms with Gasteiger partial charge in [-0.2, -0.15) is 5.10 Å². The fraction of sp³-hybridized carbons (Fsp3) is 0.800. The largest absolute Gasteiger partial charge is 0.493 e. The highest BCUT2D eigenvalue weighted by Crippen LogP contribution is 2.57. The van der Waals surface area contributed by atoms with Crippen molar-refractivity contribution in [3.05, 3.63) is 11.9 Å². The molecule has 0 aromatic carbocycles. The maximum absolute atomic E-state index is 5.90. The summed E-state index contributed by atoms with van der Waals surface area (Å²) in [5.41, 5.74) is 4.14. The minimum atomic E-state index is 0.136. The van der Waals surface area contributed by atoms with Crippen LogP contribution in [0.2, 0.25) is 0 Å². The van der Waals surface area contributed by atoms with E-state index < -0.39 is 0 Å². The lowest BCUT2D eigenvalue weighted by atomic mass is 9.92. The van der Waals surface area contributed by atoms with Crippen molar-refractivity contribution in [1.82, 2.24) is 20.1 Å². The third-order valence-corrected chi connectivity index (χ3v) is 5.05. The smallest absolute Gasteiger partial charge is 0.161 e. The molecule has 3 atom stereocenters. The zero-order valence-electron chi connectivity index (χ0n) is 13.2. The Balaban J connectivity index is 1.81. The first kappa shape index (κ1) is 14.8. The molecule has 6 nitrogen and oxygen atoms in total. The number of rotatable bonds is 7. The van der Waals surface area contributed by atoms with Gasteiger partial charge < -0.3 is 9.64 Å². The van der Waals surface area contributed by atoms with Crippen LogP contribution < -0.4 is 16.0 Å². The molecular formula is C15H27N5O. The second-order valence-electron chi connectivity index (χ2n) is 6.76. The third-order valence-electron chi connectivity index (χ3n) is 5.05. The molecular weight excluding hydrogens is 266 g/mol. The molecule has 2 aliphatic rings. The lowest BCUT2D eigenvalue weighted by Gasteiger charge is -2.26. The van der Waals surface area contributed by atoms with E-state index in [2.05, 4.69) is 29.5 Å². The van der Waals surface area contributed by atoms with Crippen LogP contribution in [0.5, 0.6) is 5.75 Å². The second-order valence-corrected chi connectivity index (χ2v) is 6.76. The highest BCUT2D eigenvalue weighted by Gasteiger charge is 2.48. The number of hydrogen-bond donors (Lipinski definition) is 2. The van der Waals surface area contributed by atoms with E-state index in [-0.39, 0.29) is 6.04 Å². The minimum Gasteiger partial charge on any atom is -0.493 e. The molecule has 6 heteroatoms. The molecule has 21 heavy (non-hydrogen) atoms. The third kappa shape index (κ3) is 2.93. The van der Waals surface area contributed by atoms with Gasteiger partial charge in [-0.1, -0.05) is 0 Å². The van der Waals surface area contributed by atoms with Gasteiger partial charge in [-0.3, -0.25) is 16.0 Å². The number of nitrogens with zero attached hydrogens (tertiary/aromatic N) is 3. The molecule has 2 saturated carbocycles. The quantitative estimate of drug-likeness (QED) is 0.580. The first-order valence-electron chi connectivity index (χ1n) is 7.84. The van der Waals surface area contributed by atoms with Crippen molar-refractivity contribution >= 4 is 0 Å². The van der Waals surface area contributed by atoms with Gasteiger partial charge in [0, 0.05) is 6.54 Å². The summed E-state index contributed by atoms with van der Waals surface area (Å²) in [6, 6.07) is 0.136. The number of methoxy groups -OCH3 is 1. The van der Waals surface area contributed by atoms with E-state index in [9.17, 15) is 0 Å². The maximum atomic E-state index is 5.90. The molecule has 3 N–H and O–H groups in total. The summed E-state index contributed by atoms with van der Waals surface area (Å²) in [4.78, 5) is 2.16. The molecule has 118 valence electrons. The normalized spacial score (nSPS) is 28.7. The number of fused-ring (bicyclic) bond motifs is 1. The van der Waals surface area contributed by atoms with E-state index in [1.165, 1.54) is 19.3 Å². The topological polar surface area (TPSA) is 68.3 Å². The molecule has 2 aliphatic carbocycles. The Labute approximate surface area is 126 Å². The fourth-order valence-electron chi connectivity index (χ4n) is 3.79. The Morgan fingerprint density at radius 1 is 1.43 bits per heavy atom. The molecule has 3 rings (SSSR count). The average Bonchev–Trinajstić information content (AvgIpc) is 2.90. The van der Waals surface area contributed by atoms with Crippen LogP contribution in [0.1, 0.15) is 31.0 Å². The van der Waals surface area contributed by atoms with Gasteiger partial charge in [-0.25, -0.2) is 0 Å². The van der Waals surface area contributed by atoms with E-state index in [1.54, 1.807) is 7.11 Å². The van der Waals surface area contributed by atoms with Crippen LogP contribution in [0.3, 0.4) is 0 Å². The predicted octanol–water partition coefficient (Wildman–Crippen LogP) is 1.00. The summed E-state index contributed by atoms with van der Waals surface area (Å²) < 4.78 is 7.57. The van der Waals surface area contributed by atoms with Gasteiger partial charge in [-0.15, -0.1) is 0 Å². The van der Waals surface area contributed by atoms with Crippen molar-refractivity contribution in [3.8, 4) is 5.75 Å². The summed E-state index contributed by atoms with van der Waals surface area (Å²) in [6.45, 7) is 1.80. The number of aromatic nitrogens is 2. The van der Waals surface area contributed by atoms with Crippen molar-refractivity contribution in [2.45, 2.75) is 31.8 Å². The van der Waals surface area contributed by atoms with E-state index in [1.807, 2.05) is 10.9 Å². The summed E-state index contributed by atoms with van der Waals surface area (Å²) in [5, 5.41) is 4.50. The maximum Gasteiger partial charge on any atom is 0.161 e. The number of hydrazine groups is 1. The molecule has 0 spiro atoms. The van der Waals surface area contributed by atoms with Crippen LogP contribution in [0, 0.1) is 17.8 Å². The van der Waals surface area contributed by atoms with Gasteiger partial charge in [-0.05, 0) is 51.1 Å². The van der Waals surface area contributed by atoms with Crippen LogP contribution in [-0.4, -0.2) is 42.4 Å². The summed E-state index contributed by atoms with van der Waals surface area (Å²) >= 11 is 0. The van der Waals surface area contributed by atoms with Crippen molar-refractivity contribution in [3.63, 3.8) is 0 Å². The first-order chi connectivity index (χ1) is 10.1. The lowest BCUT2D eigenvalue weighted by Crippen LogP contribution is -2.35. The summed E-state index contributed by atoms with van der Waals surface area (Å²) in [6.07, 6.45) is 5.79. The highest BCUT2D eigenvalue weighted by molar-refractivity contribution is 5.29. The first-order valence-corrected chi connectivity index (χ1v) is 7.84. The second kappa shape index (κ2) is 5.94. The van der Waals surface area contributed by atoms with Gasteiger partial charge in [0.15, 0.2) is 5.75 Å². The Morgan fingerprint density at radius 2 is 2.14 bits per heavy atom. The molecule has 1 aromatic heterocycles. The average molecular weight is 293 g/mol. The minimum absolute atomic E-state index is 0.136. The molecule has 1 heterocycles. The Bertz CT molecular complexity index is 476. The van der Waals surface area contributed by atoms with Gasteiger partial charge in [0.25, 0.3) is 0 Å². The number of nitrogens with one attached hydrogen (secondary N) is 1. The zero-order chi connectivity index (χ0) is 15.0. The monoisotopic (exact) mass is 293 g/mol. The number of hydrogen-bond acceptors (Lipinski definition) is 5.